The Morgan fingerprint density at radius 3 is 2.35 bits per heavy atom. The van der Waals surface area contributed by atoms with Gasteiger partial charge in [-0.3, -0.25) is 14.4 Å². The summed E-state index contributed by atoms with van der Waals surface area (Å²) in [6.45, 7) is 6.94. The third-order valence-corrected chi connectivity index (χ3v) is 9.48. The Kier molecular flexibility index (Phi) is 8.89. The zero-order valence-electron chi connectivity index (χ0n) is 25.1. The number of carboxylic acid groups (broad SMARTS) is 1. The topological polar surface area (TPSA) is 106 Å². The van der Waals surface area contributed by atoms with E-state index >= 15 is 0 Å². The standard InChI is InChI=1S/C32H38Cl2N2O7/c1-32(2,3)24-9-6-18-14-19(33)15-21-27(18)36(24)30(38)23(16-25(37)35-12-10-17(11-13-35)31(39)40)43-28(21)20-7-8-22(41-4)29(42-5)26(20)34/h7-8,14-15,17,23-24,28H,6,9-13,16H2,1-5H3,(H,39,40)/t23-,24-,28+/m0/s1. The van der Waals surface area contributed by atoms with E-state index in [1.165, 1.54) is 14.2 Å². The molecule has 3 aliphatic heterocycles. The highest BCUT2D eigenvalue weighted by Crippen LogP contribution is 2.51. The van der Waals surface area contributed by atoms with E-state index in [-0.39, 0.29) is 34.7 Å². The second-order valence-corrected chi connectivity index (χ2v) is 13.4. The number of likely N-dealkylation sites (tertiary alicyclic amines) is 1. The molecule has 43 heavy (non-hydrogen) atoms. The Labute approximate surface area is 262 Å². The number of hydrogen-bond acceptors (Lipinski definition) is 6. The average Bonchev–Trinajstić information content (AvgIpc) is 3.07. The number of piperidine rings is 1. The summed E-state index contributed by atoms with van der Waals surface area (Å²) in [5.41, 5.74) is 2.66. The predicted octanol–water partition coefficient (Wildman–Crippen LogP) is 5.91. The van der Waals surface area contributed by atoms with Gasteiger partial charge in [-0.2, -0.15) is 0 Å². The van der Waals surface area contributed by atoms with Crippen LogP contribution in [0.3, 0.4) is 0 Å². The summed E-state index contributed by atoms with van der Waals surface area (Å²) in [6, 6.07) is 7.06. The second kappa shape index (κ2) is 12.2. The molecule has 3 heterocycles. The molecule has 1 saturated heterocycles. The largest absolute Gasteiger partial charge is 0.493 e. The van der Waals surface area contributed by atoms with Gasteiger partial charge in [0.25, 0.3) is 5.91 Å². The number of hydrogen-bond donors (Lipinski definition) is 1. The smallest absolute Gasteiger partial charge is 0.306 e. The van der Waals surface area contributed by atoms with Crippen LogP contribution < -0.4 is 14.4 Å². The fourth-order valence-corrected chi connectivity index (χ4v) is 7.20. The predicted molar refractivity (Wildman–Crippen MR) is 163 cm³/mol. The quantitative estimate of drug-likeness (QED) is 0.422. The second-order valence-electron chi connectivity index (χ2n) is 12.5. The van der Waals surface area contributed by atoms with Gasteiger partial charge in [0, 0.05) is 35.3 Å². The van der Waals surface area contributed by atoms with E-state index in [1.807, 2.05) is 17.0 Å². The third-order valence-electron chi connectivity index (χ3n) is 8.87. The van der Waals surface area contributed by atoms with Gasteiger partial charge in [-0.25, -0.2) is 0 Å². The molecule has 0 aromatic heterocycles. The number of aryl methyl sites for hydroxylation is 1. The number of benzene rings is 2. The molecule has 3 atom stereocenters. The molecule has 5 rings (SSSR count). The van der Waals surface area contributed by atoms with Gasteiger partial charge in [0.2, 0.25) is 5.91 Å². The molecule has 2 amide bonds. The molecule has 1 fully saturated rings. The summed E-state index contributed by atoms with van der Waals surface area (Å²) in [7, 11) is 3.02. The van der Waals surface area contributed by atoms with Crippen molar-refractivity contribution in [3.05, 3.63) is 51.0 Å². The SMILES string of the molecule is COc1ccc([C@H]2O[C@@H](CC(=O)N3CCC(C(=O)O)CC3)C(=O)N3c4c(cc(Cl)cc42)CC[C@H]3C(C)(C)C)c(Cl)c1OC. The minimum Gasteiger partial charge on any atom is -0.493 e. The van der Waals surface area contributed by atoms with Gasteiger partial charge >= 0.3 is 5.97 Å². The number of rotatable bonds is 6. The normalized spacial score (nSPS) is 22.6. The number of carbonyl (C=O) groups is 3. The first kappa shape index (κ1) is 31.4. The van der Waals surface area contributed by atoms with Crippen molar-refractivity contribution in [2.75, 3.05) is 32.2 Å². The molecule has 0 unspecified atom stereocenters. The number of anilines is 1. The van der Waals surface area contributed by atoms with Crippen molar-refractivity contribution in [3.63, 3.8) is 0 Å². The van der Waals surface area contributed by atoms with E-state index in [0.717, 1.165) is 24.1 Å². The fourth-order valence-electron chi connectivity index (χ4n) is 6.62. The lowest BCUT2D eigenvalue weighted by Gasteiger charge is -2.45. The van der Waals surface area contributed by atoms with Crippen molar-refractivity contribution in [3.8, 4) is 11.5 Å². The molecular weight excluding hydrogens is 595 g/mol. The Bertz CT molecular complexity index is 1430. The minimum absolute atomic E-state index is 0.153. The van der Waals surface area contributed by atoms with E-state index in [1.54, 1.807) is 17.0 Å². The Balaban J connectivity index is 1.62. The Morgan fingerprint density at radius 2 is 1.74 bits per heavy atom. The fraction of sp³-hybridized carbons (Fsp3) is 0.531. The molecule has 0 aliphatic carbocycles. The number of carboxylic acids is 1. The molecular formula is C32H38Cl2N2O7. The lowest BCUT2D eigenvalue weighted by atomic mass is 9.78. The summed E-state index contributed by atoms with van der Waals surface area (Å²) in [4.78, 5) is 43.1. The van der Waals surface area contributed by atoms with Crippen LogP contribution in [0.1, 0.15) is 69.2 Å². The highest BCUT2D eigenvalue weighted by molar-refractivity contribution is 6.33. The van der Waals surface area contributed by atoms with Crippen LogP contribution in [0.25, 0.3) is 0 Å². The first-order valence-corrected chi connectivity index (χ1v) is 15.3. The minimum atomic E-state index is -1.12. The summed E-state index contributed by atoms with van der Waals surface area (Å²) >= 11 is 13.6. The number of amides is 2. The molecule has 3 aliphatic rings. The van der Waals surface area contributed by atoms with Gasteiger partial charge in [-0.15, -0.1) is 0 Å². The van der Waals surface area contributed by atoms with Crippen LogP contribution >= 0.6 is 23.2 Å². The molecule has 0 spiro atoms. The van der Waals surface area contributed by atoms with Crippen molar-refractivity contribution in [2.24, 2.45) is 11.3 Å². The van der Waals surface area contributed by atoms with E-state index < -0.39 is 24.1 Å². The van der Waals surface area contributed by atoms with Crippen LogP contribution in [0.15, 0.2) is 24.3 Å². The van der Waals surface area contributed by atoms with Gasteiger partial charge in [0.15, 0.2) is 11.5 Å². The molecule has 2 aromatic rings. The van der Waals surface area contributed by atoms with Crippen molar-refractivity contribution in [1.29, 1.82) is 0 Å². The van der Waals surface area contributed by atoms with Gasteiger partial charge in [0.05, 0.1) is 37.3 Å². The van der Waals surface area contributed by atoms with E-state index in [2.05, 4.69) is 20.8 Å². The first-order valence-electron chi connectivity index (χ1n) is 14.6. The monoisotopic (exact) mass is 632 g/mol. The average molecular weight is 634 g/mol. The number of halogens is 2. The van der Waals surface area contributed by atoms with Crippen LogP contribution in [0, 0.1) is 11.3 Å². The number of aliphatic carboxylic acids is 1. The van der Waals surface area contributed by atoms with Crippen LogP contribution in [0.5, 0.6) is 11.5 Å². The van der Waals surface area contributed by atoms with Gasteiger partial charge < -0.3 is 29.1 Å². The molecule has 232 valence electrons. The maximum atomic E-state index is 14.6. The van der Waals surface area contributed by atoms with Crippen LogP contribution in [0.2, 0.25) is 10.0 Å². The van der Waals surface area contributed by atoms with Gasteiger partial charge in [0.1, 0.15) is 12.2 Å². The zero-order valence-corrected chi connectivity index (χ0v) is 26.6. The van der Waals surface area contributed by atoms with Crippen LogP contribution in [0.4, 0.5) is 5.69 Å². The lowest BCUT2D eigenvalue weighted by molar-refractivity contribution is -0.148. The van der Waals surface area contributed by atoms with E-state index in [4.69, 9.17) is 37.4 Å². The highest BCUT2D eigenvalue weighted by Gasteiger charge is 2.47. The molecule has 2 aromatic carbocycles. The Morgan fingerprint density at radius 1 is 1.05 bits per heavy atom. The number of carbonyl (C=O) groups excluding carboxylic acids is 2. The molecule has 11 heteroatoms. The highest BCUT2D eigenvalue weighted by atomic mass is 35.5. The van der Waals surface area contributed by atoms with E-state index in [9.17, 15) is 19.5 Å². The zero-order chi connectivity index (χ0) is 31.2. The summed E-state index contributed by atoms with van der Waals surface area (Å²) < 4.78 is 17.7. The molecule has 0 saturated carbocycles. The maximum Gasteiger partial charge on any atom is 0.306 e. The molecule has 1 N–H and O–H groups in total. The summed E-state index contributed by atoms with van der Waals surface area (Å²) in [6.07, 6.45) is 0.0358. The number of ether oxygens (including phenoxy) is 3. The number of methoxy groups -OCH3 is 2. The van der Waals surface area contributed by atoms with Gasteiger partial charge in [-0.1, -0.05) is 50.0 Å². The van der Waals surface area contributed by atoms with Crippen molar-refractivity contribution < 1.29 is 33.7 Å². The molecule has 9 nitrogen and oxygen atoms in total. The summed E-state index contributed by atoms with van der Waals surface area (Å²) in [5.74, 6) is -1.11. The number of nitrogens with zero attached hydrogens (tertiary/aromatic N) is 2. The van der Waals surface area contributed by atoms with Crippen molar-refractivity contribution in [2.45, 2.75) is 71.1 Å². The van der Waals surface area contributed by atoms with Crippen molar-refractivity contribution in [1.82, 2.24) is 4.90 Å². The lowest BCUT2D eigenvalue weighted by Crippen LogP contribution is -2.54. The third kappa shape index (κ3) is 5.91. The van der Waals surface area contributed by atoms with Crippen LogP contribution in [-0.2, 0) is 25.5 Å². The maximum absolute atomic E-state index is 14.6. The van der Waals surface area contributed by atoms with Gasteiger partial charge in [-0.05, 0) is 54.9 Å². The van der Waals surface area contributed by atoms with Crippen LogP contribution in [-0.4, -0.2) is 67.2 Å². The van der Waals surface area contributed by atoms with Crippen molar-refractivity contribution >= 4 is 46.7 Å². The molecule has 0 radical (unpaired) electrons. The summed E-state index contributed by atoms with van der Waals surface area (Å²) in [5, 5.41) is 10.2. The first-order chi connectivity index (χ1) is 20.3. The Hall–Kier alpha value is -3.01. The molecule has 0 bridgehead atoms. The van der Waals surface area contributed by atoms with E-state index in [0.29, 0.717) is 53.6 Å².